The zero-order chi connectivity index (χ0) is 26.2. The molecule has 4 aromatic rings. The summed E-state index contributed by atoms with van der Waals surface area (Å²) < 4.78 is 11.9. The summed E-state index contributed by atoms with van der Waals surface area (Å²) in [5.41, 5.74) is 6.38. The van der Waals surface area contributed by atoms with Gasteiger partial charge in [-0.25, -0.2) is 5.43 Å². The quantitative estimate of drug-likeness (QED) is 0.191. The van der Waals surface area contributed by atoms with Crippen molar-refractivity contribution in [1.29, 1.82) is 0 Å². The number of ether oxygens (including phenoxy) is 2. The van der Waals surface area contributed by atoms with Gasteiger partial charge in [-0.1, -0.05) is 60.7 Å². The van der Waals surface area contributed by atoms with Gasteiger partial charge in [0.15, 0.2) is 11.5 Å². The molecule has 4 aromatic carbocycles. The lowest BCUT2D eigenvalue weighted by molar-refractivity contribution is -0.136. The molecule has 4 rings (SSSR count). The Balaban J connectivity index is 1.40. The standard InChI is InChI=1S/C30H29N3O4/c1-4-36-27-17-22(18-31-33-30(35)29(34)32-28-20(2)9-7-10-21(28)3)15-16-26(27)37-19-24-13-8-12-23-11-5-6-14-25(23)24/h5-18H,4,19H2,1-3H3,(H,32,34)(H,33,35)/b31-18+. The molecule has 37 heavy (non-hydrogen) atoms. The van der Waals surface area contributed by atoms with Crippen LogP contribution in [-0.4, -0.2) is 24.6 Å². The molecule has 0 saturated heterocycles. The average Bonchev–Trinajstić information content (AvgIpc) is 2.90. The Hall–Kier alpha value is -4.65. The van der Waals surface area contributed by atoms with E-state index in [1.807, 2.05) is 63.2 Å². The van der Waals surface area contributed by atoms with Crippen LogP contribution >= 0.6 is 0 Å². The molecule has 2 amide bonds. The van der Waals surface area contributed by atoms with Gasteiger partial charge in [0.05, 0.1) is 12.8 Å². The number of benzene rings is 4. The molecule has 0 aliphatic rings. The summed E-state index contributed by atoms with van der Waals surface area (Å²) in [6, 6.07) is 25.3. The zero-order valence-electron chi connectivity index (χ0n) is 21.1. The third-order valence-corrected chi connectivity index (χ3v) is 5.84. The Labute approximate surface area is 216 Å². The van der Waals surface area contributed by atoms with Gasteiger partial charge >= 0.3 is 11.8 Å². The van der Waals surface area contributed by atoms with E-state index in [9.17, 15) is 9.59 Å². The lowest BCUT2D eigenvalue weighted by Gasteiger charge is -2.13. The Kier molecular flexibility index (Phi) is 8.15. The minimum Gasteiger partial charge on any atom is -0.490 e. The molecule has 188 valence electrons. The molecular formula is C30H29N3O4. The highest BCUT2D eigenvalue weighted by molar-refractivity contribution is 6.39. The average molecular weight is 496 g/mol. The van der Waals surface area contributed by atoms with E-state index in [4.69, 9.17) is 9.47 Å². The van der Waals surface area contributed by atoms with Crippen molar-refractivity contribution in [1.82, 2.24) is 5.43 Å². The van der Waals surface area contributed by atoms with Crippen molar-refractivity contribution in [2.45, 2.75) is 27.4 Å². The molecule has 0 aliphatic heterocycles. The number of carbonyl (C=O) groups excluding carboxylic acids is 2. The molecule has 7 nitrogen and oxygen atoms in total. The lowest BCUT2D eigenvalue weighted by atomic mass is 10.1. The third-order valence-electron chi connectivity index (χ3n) is 5.84. The predicted molar refractivity (Wildman–Crippen MR) is 146 cm³/mol. The second-order valence-corrected chi connectivity index (χ2v) is 8.49. The van der Waals surface area contributed by atoms with Gasteiger partial charge < -0.3 is 14.8 Å². The fraction of sp³-hybridized carbons (Fsp3) is 0.167. The molecule has 0 bridgehead atoms. The summed E-state index contributed by atoms with van der Waals surface area (Å²) in [6.45, 7) is 6.47. The Morgan fingerprint density at radius 2 is 1.57 bits per heavy atom. The fourth-order valence-electron chi connectivity index (χ4n) is 3.96. The number of hydrogen-bond donors (Lipinski definition) is 2. The number of rotatable bonds is 8. The molecule has 0 saturated carbocycles. The largest absolute Gasteiger partial charge is 0.490 e. The van der Waals surface area contributed by atoms with Crippen LogP contribution in [0.4, 0.5) is 5.69 Å². The van der Waals surface area contributed by atoms with Crippen LogP contribution in [0, 0.1) is 13.8 Å². The van der Waals surface area contributed by atoms with Gasteiger partial charge in [-0.3, -0.25) is 9.59 Å². The monoisotopic (exact) mass is 495 g/mol. The highest BCUT2D eigenvalue weighted by Crippen LogP contribution is 2.30. The predicted octanol–water partition coefficient (Wildman–Crippen LogP) is 5.52. The number of carbonyl (C=O) groups is 2. The number of amides is 2. The maximum atomic E-state index is 12.3. The van der Waals surface area contributed by atoms with Crippen LogP contribution in [0.1, 0.15) is 29.2 Å². The van der Waals surface area contributed by atoms with Crippen LogP contribution < -0.4 is 20.2 Å². The van der Waals surface area contributed by atoms with E-state index in [-0.39, 0.29) is 0 Å². The number of hydrazone groups is 1. The first-order valence-corrected chi connectivity index (χ1v) is 12.0. The molecule has 0 spiro atoms. The minimum absolute atomic E-state index is 0.389. The van der Waals surface area contributed by atoms with Crippen LogP contribution in [0.25, 0.3) is 10.8 Å². The topological polar surface area (TPSA) is 89.0 Å². The summed E-state index contributed by atoms with van der Waals surface area (Å²) in [5, 5.41) is 8.86. The molecule has 2 N–H and O–H groups in total. The molecule has 0 aliphatic carbocycles. The molecule has 0 aromatic heterocycles. The van der Waals surface area contributed by atoms with Crippen molar-refractivity contribution in [3.63, 3.8) is 0 Å². The first-order valence-electron chi connectivity index (χ1n) is 12.0. The fourth-order valence-corrected chi connectivity index (χ4v) is 3.96. The Morgan fingerprint density at radius 1 is 0.838 bits per heavy atom. The van der Waals surface area contributed by atoms with E-state index >= 15 is 0 Å². The highest BCUT2D eigenvalue weighted by Gasteiger charge is 2.15. The highest BCUT2D eigenvalue weighted by atomic mass is 16.5. The maximum Gasteiger partial charge on any atom is 0.329 e. The Bertz CT molecular complexity index is 1440. The number of para-hydroxylation sites is 1. The number of nitrogens with one attached hydrogen (secondary N) is 2. The summed E-state index contributed by atoms with van der Waals surface area (Å²) in [5.74, 6) is -0.490. The minimum atomic E-state index is -0.862. The zero-order valence-corrected chi connectivity index (χ0v) is 21.1. The number of fused-ring (bicyclic) bond motifs is 1. The normalized spacial score (nSPS) is 10.9. The van der Waals surface area contributed by atoms with Crippen LogP contribution in [-0.2, 0) is 16.2 Å². The van der Waals surface area contributed by atoms with Gasteiger partial charge in [-0.05, 0) is 72.0 Å². The summed E-state index contributed by atoms with van der Waals surface area (Å²) >= 11 is 0. The second-order valence-electron chi connectivity index (χ2n) is 8.49. The molecule has 0 heterocycles. The van der Waals surface area contributed by atoms with Crippen LogP contribution in [0.5, 0.6) is 11.5 Å². The second kappa shape index (κ2) is 11.9. The third kappa shape index (κ3) is 6.32. The number of anilines is 1. The summed E-state index contributed by atoms with van der Waals surface area (Å²) in [6.07, 6.45) is 1.45. The van der Waals surface area contributed by atoms with Crippen molar-refractivity contribution in [2.75, 3.05) is 11.9 Å². The summed E-state index contributed by atoms with van der Waals surface area (Å²) in [4.78, 5) is 24.5. The van der Waals surface area contributed by atoms with E-state index in [0.29, 0.717) is 36.0 Å². The molecule has 0 fully saturated rings. The van der Waals surface area contributed by atoms with E-state index in [1.54, 1.807) is 18.2 Å². The number of nitrogens with zero attached hydrogens (tertiary/aromatic N) is 1. The van der Waals surface area contributed by atoms with Gasteiger partial charge in [-0.15, -0.1) is 0 Å². The SMILES string of the molecule is CCOc1cc(/C=N/NC(=O)C(=O)Nc2c(C)cccc2C)ccc1OCc1cccc2ccccc12. The van der Waals surface area contributed by atoms with Crippen molar-refractivity contribution < 1.29 is 19.1 Å². The van der Waals surface area contributed by atoms with Gasteiger partial charge in [0.25, 0.3) is 0 Å². The van der Waals surface area contributed by atoms with Gasteiger partial charge in [-0.2, -0.15) is 5.10 Å². The maximum absolute atomic E-state index is 12.3. The van der Waals surface area contributed by atoms with Gasteiger partial charge in [0.2, 0.25) is 0 Å². The van der Waals surface area contributed by atoms with Crippen LogP contribution in [0.2, 0.25) is 0 Å². The van der Waals surface area contributed by atoms with E-state index in [1.165, 1.54) is 6.21 Å². The molecule has 0 unspecified atom stereocenters. The van der Waals surface area contributed by atoms with Crippen molar-refractivity contribution in [2.24, 2.45) is 5.10 Å². The van der Waals surface area contributed by atoms with Gasteiger partial charge in [0.1, 0.15) is 6.61 Å². The van der Waals surface area contributed by atoms with Gasteiger partial charge in [0, 0.05) is 5.69 Å². The Morgan fingerprint density at radius 3 is 2.35 bits per heavy atom. The molecule has 7 heteroatoms. The van der Waals surface area contributed by atoms with Crippen molar-refractivity contribution >= 4 is 34.5 Å². The summed E-state index contributed by atoms with van der Waals surface area (Å²) in [7, 11) is 0. The lowest BCUT2D eigenvalue weighted by Crippen LogP contribution is -2.32. The smallest absolute Gasteiger partial charge is 0.329 e. The van der Waals surface area contributed by atoms with E-state index in [0.717, 1.165) is 27.5 Å². The first kappa shape index (κ1) is 25.4. The van der Waals surface area contributed by atoms with Crippen LogP contribution in [0.3, 0.4) is 0 Å². The van der Waals surface area contributed by atoms with Crippen molar-refractivity contribution in [3.8, 4) is 11.5 Å². The van der Waals surface area contributed by atoms with E-state index in [2.05, 4.69) is 34.0 Å². The number of hydrogen-bond acceptors (Lipinski definition) is 5. The molecule has 0 atom stereocenters. The first-order chi connectivity index (χ1) is 18.0. The number of aryl methyl sites for hydroxylation is 2. The van der Waals surface area contributed by atoms with Crippen LogP contribution in [0.15, 0.2) is 84.0 Å². The van der Waals surface area contributed by atoms with Crippen molar-refractivity contribution in [3.05, 3.63) is 101 Å². The molecule has 0 radical (unpaired) electrons. The van der Waals surface area contributed by atoms with E-state index < -0.39 is 11.8 Å². The molecular weight excluding hydrogens is 466 g/mol.